The first-order chi connectivity index (χ1) is 27.7. The summed E-state index contributed by atoms with van der Waals surface area (Å²) in [6, 6.07) is -1.92. The number of nitrogens with two attached hydrogens (primary N) is 5. The quantitative estimate of drug-likeness (QED) is 0.0357. The molecule has 22 nitrogen and oxygen atoms in total. The third-order valence-electron chi connectivity index (χ3n) is 9.18. The standard InChI is InChI=1S/C37H59N11O11/c1-4-19(2)30(42)36(57)43-20(3)31(52)46-25(17-28(40)50)34(55)44-22(13-14-27(39)49)32(53)47-24(16-21-10-6-5-7-11-21)33(54)48-26(18-29(41)51)35(56)45-23(37(58)59)12-8-9-15-38/h5-7,10-11,19-20,22-26,30H,4,8-9,12-18,38,42H2,1-3H3,(H2,39,49)(H2,40,50)(H2,41,51)(H,43,57)(H,44,55)(H,45,56)(H,46,52)(H,47,53)(H,48,54)(H,58,59)/t19-,20-,22-,23-,24-,25-,26-,30-/m0/s1. The normalized spacial score (nSPS) is 14.9. The van der Waals surface area contributed by atoms with E-state index in [1.807, 2.05) is 6.92 Å². The molecular weight excluding hydrogens is 774 g/mol. The summed E-state index contributed by atoms with van der Waals surface area (Å²) in [5, 5.41) is 23.8. The third kappa shape index (κ3) is 19.2. The molecule has 8 atom stereocenters. The van der Waals surface area contributed by atoms with Crippen LogP contribution >= 0.6 is 0 Å². The monoisotopic (exact) mass is 833 g/mol. The predicted octanol–water partition coefficient (Wildman–Crippen LogP) is -4.24. The van der Waals surface area contributed by atoms with E-state index in [2.05, 4.69) is 31.9 Å². The minimum atomic E-state index is -1.69. The zero-order valence-electron chi connectivity index (χ0n) is 33.5. The number of primary amides is 3. The van der Waals surface area contributed by atoms with Gasteiger partial charge >= 0.3 is 5.97 Å². The number of carboxylic acids is 1. The van der Waals surface area contributed by atoms with Gasteiger partial charge in [-0.25, -0.2) is 4.79 Å². The van der Waals surface area contributed by atoms with Gasteiger partial charge in [0, 0.05) is 12.8 Å². The summed E-state index contributed by atoms with van der Waals surface area (Å²) >= 11 is 0. The van der Waals surface area contributed by atoms with Crippen molar-refractivity contribution in [3.05, 3.63) is 35.9 Å². The first-order valence-corrected chi connectivity index (χ1v) is 19.1. The van der Waals surface area contributed by atoms with Crippen molar-refractivity contribution >= 4 is 59.1 Å². The summed E-state index contributed by atoms with van der Waals surface area (Å²) in [6.45, 7) is 5.16. The average Bonchev–Trinajstić information content (AvgIpc) is 3.17. The molecule has 0 aliphatic carbocycles. The molecule has 328 valence electrons. The number of carboxylic acid groups (broad SMARTS) is 1. The molecule has 22 heteroatoms. The lowest BCUT2D eigenvalue weighted by molar-refractivity contribution is -0.142. The summed E-state index contributed by atoms with van der Waals surface area (Å²) < 4.78 is 0. The molecule has 9 amide bonds. The second-order valence-electron chi connectivity index (χ2n) is 14.1. The largest absolute Gasteiger partial charge is 0.480 e. The van der Waals surface area contributed by atoms with Crippen LogP contribution < -0.4 is 60.6 Å². The van der Waals surface area contributed by atoms with E-state index in [1.165, 1.54) is 6.92 Å². The highest BCUT2D eigenvalue weighted by Gasteiger charge is 2.34. The van der Waals surface area contributed by atoms with Crippen molar-refractivity contribution in [2.75, 3.05) is 6.54 Å². The van der Waals surface area contributed by atoms with Crippen LogP contribution in [0, 0.1) is 5.92 Å². The topological polar surface area (TPSA) is 393 Å². The Morgan fingerprint density at radius 2 is 1.07 bits per heavy atom. The Bertz CT molecular complexity index is 1650. The molecule has 0 radical (unpaired) electrons. The highest BCUT2D eigenvalue weighted by atomic mass is 16.4. The molecule has 0 saturated carbocycles. The maximum absolute atomic E-state index is 13.9. The van der Waals surface area contributed by atoms with Crippen molar-refractivity contribution < 1.29 is 53.1 Å². The van der Waals surface area contributed by atoms with E-state index in [1.54, 1.807) is 37.3 Å². The van der Waals surface area contributed by atoms with E-state index >= 15 is 0 Å². The van der Waals surface area contributed by atoms with Gasteiger partial charge in [-0.1, -0.05) is 50.6 Å². The maximum atomic E-state index is 13.9. The number of hydrogen-bond donors (Lipinski definition) is 12. The van der Waals surface area contributed by atoms with Gasteiger partial charge in [0.1, 0.15) is 36.3 Å². The first-order valence-electron chi connectivity index (χ1n) is 19.1. The highest BCUT2D eigenvalue weighted by molar-refractivity contribution is 5.99. The number of hydrogen-bond acceptors (Lipinski definition) is 12. The molecule has 0 unspecified atom stereocenters. The zero-order valence-corrected chi connectivity index (χ0v) is 33.5. The molecule has 1 rings (SSSR count). The number of nitrogens with one attached hydrogen (secondary N) is 6. The molecule has 0 aromatic heterocycles. The van der Waals surface area contributed by atoms with Crippen molar-refractivity contribution in [1.82, 2.24) is 31.9 Å². The smallest absolute Gasteiger partial charge is 0.326 e. The molecular formula is C37H59N11O11. The second kappa shape index (κ2) is 26.0. The van der Waals surface area contributed by atoms with Gasteiger partial charge in [-0.15, -0.1) is 0 Å². The molecule has 0 aliphatic rings. The number of carbonyl (C=O) groups excluding carboxylic acids is 9. The summed E-state index contributed by atoms with van der Waals surface area (Å²) in [5.74, 6) is -10.3. The van der Waals surface area contributed by atoms with Crippen LogP contribution in [0.1, 0.15) is 77.7 Å². The van der Waals surface area contributed by atoms with Gasteiger partial charge < -0.3 is 65.7 Å². The average molecular weight is 834 g/mol. The van der Waals surface area contributed by atoms with Crippen LogP contribution in [-0.4, -0.2) is 113 Å². The highest BCUT2D eigenvalue weighted by Crippen LogP contribution is 2.09. The van der Waals surface area contributed by atoms with Gasteiger partial charge in [0.15, 0.2) is 0 Å². The molecule has 59 heavy (non-hydrogen) atoms. The van der Waals surface area contributed by atoms with E-state index in [-0.39, 0.29) is 25.3 Å². The molecule has 0 spiro atoms. The molecule has 1 aromatic carbocycles. The maximum Gasteiger partial charge on any atom is 0.326 e. The summed E-state index contributed by atoms with van der Waals surface area (Å²) in [5.41, 5.74) is 27.9. The fourth-order valence-corrected chi connectivity index (χ4v) is 5.46. The van der Waals surface area contributed by atoms with Gasteiger partial charge in [0.2, 0.25) is 53.2 Å². The first kappa shape index (κ1) is 50.9. The molecule has 17 N–H and O–H groups in total. The van der Waals surface area contributed by atoms with Crippen molar-refractivity contribution in [2.24, 2.45) is 34.6 Å². The lowest BCUT2D eigenvalue weighted by Gasteiger charge is -2.27. The zero-order chi connectivity index (χ0) is 44.8. The van der Waals surface area contributed by atoms with Crippen molar-refractivity contribution in [3.63, 3.8) is 0 Å². The molecule has 0 heterocycles. The van der Waals surface area contributed by atoms with Gasteiger partial charge in [-0.3, -0.25) is 43.2 Å². The SMILES string of the molecule is CC[C@H](C)[C@H](N)C(=O)N[C@@H](C)C(=O)N[C@@H](CC(N)=O)C(=O)N[C@@H](CCC(N)=O)C(=O)N[C@@H](Cc1ccccc1)C(=O)N[C@@H](CC(N)=O)C(=O)N[C@@H](CCCCN)C(=O)O. The van der Waals surface area contributed by atoms with Gasteiger partial charge in [0.25, 0.3) is 0 Å². The van der Waals surface area contributed by atoms with E-state index in [4.69, 9.17) is 28.7 Å². The van der Waals surface area contributed by atoms with Gasteiger partial charge in [-0.05, 0) is 50.6 Å². The van der Waals surface area contributed by atoms with Crippen molar-refractivity contribution in [2.45, 2.75) is 121 Å². The second-order valence-corrected chi connectivity index (χ2v) is 14.1. The molecule has 0 fully saturated rings. The summed E-state index contributed by atoms with van der Waals surface area (Å²) in [7, 11) is 0. The fourth-order valence-electron chi connectivity index (χ4n) is 5.46. The summed E-state index contributed by atoms with van der Waals surface area (Å²) in [4.78, 5) is 128. The summed E-state index contributed by atoms with van der Waals surface area (Å²) in [6.07, 6.45) is -1.24. The lowest BCUT2D eigenvalue weighted by atomic mass is 9.99. The Labute approximate surface area is 341 Å². The molecule has 0 bridgehead atoms. The molecule has 0 saturated heterocycles. The van der Waals surface area contributed by atoms with Gasteiger partial charge in [0.05, 0.1) is 18.9 Å². The fraction of sp³-hybridized carbons (Fsp3) is 0.568. The number of unbranched alkanes of at least 4 members (excludes halogenated alkanes) is 1. The predicted molar refractivity (Wildman–Crippen MR) is 211 cm³/mol. The third-order valence-corrected chi connectivity index (χ3v) is 9.18. The van der Waals surface area contributed by atoms with Crippen molar-refractivity contribution in [3.8, 4) is 0 Å². The van der Waals surface area contributed by atoms with E-state index in [0.29, 0.717) is 24.8 Å². The minimum Gasteiger partial charge on any atom is -0.480 e. The van der Waals surface area contributed by atoms with Gasteiger partial charge in [-0.2, -0.15) is 0 Å². The van der Waals surface area contributed by atoms with Crippen LogP contribution in [0.4, 0.5) is 0 Å². The molecule has 1 aromatic rings. The van der Waals surface area contributed by atoms with Crippen LogP contribution in [0.15, 0.2) is 30.3 Å². The lowest BCUT2D eigenvalue weighted by Crippen LogP contribution is -2.60. The number of amides is 9. The number of rotatable bonds is 28. The van der Waals surface area contributed by atoms with Crippen LogP contribution in [0.5, 0.6) is 0 Å². The van der Waals surface area contributed by atoms with Crippen LogP contribution in [0.2, 0.25) is 0 Å². The Kier molecular flexibility index (Phi) is 22.4. The van der Waals surface area contributed by atoms with Crippen LogP contribution in [-0.2, 0) is 54.4 Å². The van der Waals surface area contributed by atoms with E-state index < -0.39 is 127 Å². The van der Waals surface area contributed by atoms with E-state index in [9.17, 15) is 53.1 Å². The minimum absolute atomic E-state index is 0.00667. The van der Waals surface area contributed by atoms with Crippen molar-refractivity contribution in [1.29, 1.82) is 0 Å². The Morgan fingerprint density at radius 1 is 0.593 bits per heavy atom. The Morgan fingerprint density at radius 3 is 1.56 bits per heavy atom. The number of carbonyl (C=O) groups is 10. The Hall–Kier alpha value is -6.16. The van der Waals surface area contributed by atoms with Crippen LogP contribution in [0.25, 0.3) is 0 Å². The van der Waals surface area contributed by atoms with Crippen LogP contribution in [0.3, 0.4) is 0 Å². The Balaban J connectivity index is 3.41. The molecule has 0 aliphatic heterocycles. The number of aliphatic carboxylic acids is 1. The number of benzene rings is 1. The van der Waals surface area contributed by atoms with E-state index in [0.717, 1.165) is 0 Å².